The molecule has 6 rings (SSSR count). The van der Waals surface area contributed by atoms with Crippen molar-refractivity contribution in [2.45, 2.75) is 31.8 Å². The van der Waals surface area contributed by atoms with Crippen molar-refractivity contribution in [2.75, 3.05) is 18.0 Å². The number of benzene rings is 2. The number of amides is 2. The lowest BCUT2D eigenvalue weighted by Gasteiger charge is -2.29. The summed E-state index contributed by atoms with van der Waals surface area (Å²) in [7, 11) is 0. The molecule has 0 saturated carbocycles. The molecule has 2 fully saturated rings. The van der Waals surface area contributed by atoms with E-state index in [1.54, 1.807) is 6.20 Å². The van der Waals surface area contributed by atoms with Gasteiger partial charge in [0.15, 0.2) is 0 Å². The van der Waals surface area contributed by atoms with Crippen LogP contribution < -0.4 is 4.90 Å². The number of anilines is 1. The largest absolute Gasteiger partial charge is 0.296 e. The van der Waals surface area contributed by atoms with Gasteiger partial charge in [0, 0.05) is 25.7 Å². The molecule has 33 heavy (non-hydrogen) atoms. The fourth-order valence-corrected chi connectivity index (χ4v) is 5.69. The Kier molecular flexibility index (Phi) is 4.76. The van der Waals surface area contributed by atoms with Crippen LogP contribution in [0.1, 0.15) is 40.8 Å². The molecule has 6 nitrogen and oxygen atoms in total. The number of aromatic nitrogens is 1. The number of nitrogens with zero attached hydrogens (tertiary/aromatic N) is 4. The Labute approximate surface area is 193 Å². The third kappa shape index (κ3) is 3.16. The van der Waals surface area contributed by atoms with Gasteiger partial charge in [0.25, 0.3) is 0 Å². The smallest absolute Gasteiger partial charge is 0.238 e. The van der Waals surface area contributed by atoms with Crippen molar-refractivity contribution >= 4 is 17.6 Å². The molecule has 0 bridgehead atoms. The molecule has 0 spiro atoms. The van der Waals surface area contributed by atoms with E-state index in [1.165, 1.54) is 0 Å². The Morgan fingerprint density at radius 3 is 2.42 bits per heavy atom. The number of pyridine rings is 1. The number of aryl methyl sites for hydroxylation is 1. The van der Waals surface area contributed by atoms with Crippen LogP contribution >= 0.6 is 0 Å². The van der Waals surface area contributed by atoms with E-state index in [2.05, 4.69) is 46.4 Å². The molecule has 1 aromatic heterocycles. The molecule has 2 amide bonds. The van der Waals surface area contributed by atoms with Crippen LogP contribution in [0.25, 0.3) is 0 Å². The van der Waals surface area contributed by atoms with Crippen molar-refractivity contribution < 1.29 is 9.59 Å². The van der Waals surface area contributed by atoms with E-state index < -0.39 is 5.92 Å². The van der Waals surface area contributed by atoms with Gasteiger partial charge < -0.3 is 0 Å². The molecule has 6 heteroatoms. The summed E-state index contributed by atoms with van der Waals surface area (Å²) >= 11 is 0. The van der Waals surface area contributed by atoms with Crippen molar-refractivity contribution in [1.29, 1.82) is 0 Å². The number of hydrogen-bond acceptors (Lipinski definition) is 4. The van der Waals surface area contributed by atoms with Gasteiger partial charge in [-0.15, -0.1) is 0 Å². The predicted molar refractivity (Wildman–Crippen MR) is 125 cm³/mol. The van der Waals surface area contributed by atoms with Crippen LogP contribution in [0.4, 0.5) is 5.82 Å². The monoisotopic (exact) mass is 438 g/mol. The first-order valence-corrected chi connectivity index (χ1v) is 11.6. The molecule has 2 saturated heterocycles. The van der Waals surface area contributed by atoms with E-state index in [1.807, 2.05) is 47.2 Å². The second-order valence-corrected chi connectivity index (χ2v) is 9.11. The zero-order valence-electron chi connectivity index (χ0n) is 18.6. The van der Waals surface area contributed by atoms with Gasteiger partial charge in [-0.05, 0) is 36.1 Å². The summed E-state index contributed by atoms with van der Waals surface area (Å²) in [5, 5.41) is 3.99. The molecule has 2 aromatic carbocycles. The highest BCUT2D eigenvalue weighted by molar-refractivity contribution is 5.98. The van der Waals surface area contributed by atoms with Crippen molar-refractivity contribution in [2.24, 2.45) is 5.92 Å². The van der Waals surface area contributed by atoms with E-state index in [0.29, 0.717) is 19.5 Å². The standard InChI is InChI=1S/C27H26N4O2/c1-18-9-11-20(12-10-18)25-23(27(33)29-16-13-21-8-5-15-28-26(21)29)24(19-6-3-2-4-7-19)30-17-14-22(32)31(25)30/h2-12,15,23-25H,13-14,16-17H2,1H3/t23-,24+,25+/m0/s1. The molecule has 3 aromatic rings. The van der Waals surface area contributed by atoms with Crippen molar-refractivity contribution in [3.8, 4) is 0 Å². The van der Waals surface area contributed by atoms with Crippen LogP contribution in [0.3, 0.4) is 0 Å². The first-order chi connectivity index (χ1) is 16.1. The quantitative estimate of drug-likeness (QED) is 0.624. The maximum atomic E-state index is 14.3. The third-order valence-electron chi connectivity index (χ3n) is 7.19. The topological polar surface area (TPSA) is 56.8 Å². The molecule has 0 aliphatic carbocycles. The maximum Gasteiger partial charge on any atom is 0.238 e. The summed E-state index contributed by atoms with van der Waals surface area (Å²) in [4.78, 5) is 33.8. The molecule has 166 valence electrons. The van der Waals surface area contributed by atoms with E-state index in [9.17, 15) is 9.59 Å². The van der Waals surface area contributed by atoms with Crippen LogP contribution in [-0.2, 0) is 16.0 Å². The van der Waals surface area contributed by atoms with Crippen LogP contribution in [0.2, 0.25) is 0 Å². The minimum atomic E-state index is -0.424. The molecule has 0 N–H and O–H groups in total. The summed E-state index contributed by atoms with van der Waals surface area (Å²) in [5.74, 6) is 0.448. The van der Waals surface area contributed by atoms with Gasteiger partial charge >= 0.3 is 0 Å². The predicted octanol–water partition coefficient (Wildman–Crippen LogP) is 3.84. The highest BCUT2D eigenvalue weighted by Crippen LogP contribution is 2.52. The summed E-state index contributed by atoms with van der Waals surface area (Å²) in [6, 6.07) is 21.8. The molecule has 0 radical (unpaired) electrons. The van der Waals surface area contributed by atoms with Gasteiger partial charge in [0.2, 0.25) is 11.8 Å². The van der Waals surface area contributed by atoms with Crippen molar-refractivity contribution in [3.63, 3.8) is 0 Å². The zero-order chi connectivity index (χ0) is 22.5. The molecule has 3 aliphatic rings. The number of rotatable bonds is 3. The second-order valence-electron chi connectivity index (χ2n) is 9.11. The fraction of sp³-hybridized carbons (Fsp3) is 0.296. The highest BCUT2D eigenvalue weighted by Gasteiger charge is 2.57. The molecular formula is C27H26N4O2. The van der Waals surface area contributed by atoms with Gasteiger partial charge in [-0.25, -0.2) is 9.99 Å². The second kappa shape index (κ2) is 7.81. The van der Waals surface area contributed by atoms with Gasteiger partial charge in [-0.1, -0.05) is 66.2 Å². The van der Waals surface area contributed by atoms with E-state index in [4.69, 9.17) is 0 Å². The Bertz CT molecular complexity index is 1210. The minimum Gasteiger partial charge on any atom is -0.296 e. The summed E-state index contributed by atoms with van der Waals surface area (Å²) in [6.45, 7) is 3.30. The van der Waals surface area contributed by atoms with E-state index in [0.717, 1.165) is 34.5 Å². The molecule has 0 unspecified atom stereocenters. The third-order valence-corrected chi connectivity index (χ3v) is 7.19. The Morgan fingerprint density at radius 1 is 0.879 bits per heavy atom. The molecule has 3 aliphatic heterocycles. The average Bonchev–Trinajstić information content (AvgIpc) is 3.53. The first kappa shape index (κ1) is 20.1. The minimum absolute atomic E-state index is 0.0362. The number of fused-ring (bicyclic) bond motifs is 2. The van der Waals surface area contributed by atoms with Crippen LogP contribution in [0.15, 0.2) is 72.9 Å². The van der Waals surface area contributed by atoms with Gasteiger partial charge in [0.1, 0.15) is 5.82 Å². The molecular weight excluding hydrogens is 412 g/mol. The van der Waals surface area contributed by atoms with Crippen LogP contribution in [0.5, 0.6) is 0 Å². The highest BCUT2D eigenvalue weighted by atomic mass is 16.2. The first-order valence-electron chi connectivity index (χ1n) is 11.6. The summed E-state index contributed by atoms with van der Waals surface area (Å²) in [6.07, 6.45) is 3.02. The Hall–Kier alpha value is -3.51. The average molecular weight is 439 g/mol. The summed E-state index contributed by atoms with van der Waals surface area (Å²) < 4.78 is 0. The van der Waals surface area contributed by atoms with Gasteiger partial charge in [0.05, 0.1) is 18.0 Å². The lowest BCUT2D eigenvalue weighted by molar-refractivity contribution is -0.139. The SMILES string of the molecule is Cc1ccc([C@@H]2[C@@H](C(=O)N3CCc4cccnc43)[C@@H](c3ccccc3)N3CCC(=O)N23)cc1. The van der Waals surface area contributed by atoms with E-state index in [-0.39, 0.29) is 23.9 Å². The normalized spacial score (nSPS) is 24.3. The van der Waals surface area contributed by atoms with Crippen molar-refractivity contribution in [1.82, 2.24) is 15.0 Å². The maximum absolute atomic E-state index is 14.3. The number of hydrazine groups is 1. The molecule has 3 atom stereocenters. The van der Waals surface area contributed by atoms with Gasteiger partial charge in [-0.3, -0.25) is 19.5 Å². The summed E-state index contributed by atoms with van der Waals surface area (Å²) in [5.41, 5.74) is 4.31. The number of hydrogen-bond donors (Lipinski definition) is 0. The lowest BCUT2D eigenvalue weighted by atomic mass is 9.83. The number of carbonyl (C=O) groups is 2. The van der Waals surface area contributed by atoms with Crippen molar-refractivity contribution in [3.05, 3.63) is 95.2 Å². The van der Waals surface area contributed by atoms with Crippen LogP contribution in [-0.4, -0.2) is 39.9 Å². The van der Waals surface area contributed by atoms with Crippen LogP contribution in [0, 0.1) is 12.8 Å². The Balaban J connectivity index is 1.50. The molecule has 4 heterocycles. The Morgan fingerprint density at radius 2 is 1.64 bits per heavy atom. The zero-order valence-corrected chi connectivity index (χ0v) is 18.6. The van der Waals surface area contributed by atoms with Gasteiger partial charge in [-0.2, -0.15) is 0 Å². The lowest BCUT2D eigenvalue weighted by Crippen LogP contribution is -2.40. The number of carbonyl (C=O) groups excluding carboxylic acids is 2. The fourth-order valence-electron chi connectivity index (χ4n) is 5.69. The van der Waals surface area contributed by atoms with E-state index >= 15 is 0 Å².